The van der Waals surface area contributed by atoms with E-state index in [0.29, 0.717) is 10.8 Å². The Labute approximate surface area is 183 Å². The largest absolute Gasteiger partial charge is 0.497 e. The SMILES string of the molecule is CCC(C(=O)Nc1nnc(-c2ccc(OC)cc2)s1)N(c1ccc(F)cc1)S(C)(=O)=O. The molecule has 0 spiro atoms. The molecule has 1 aromatic heterocycles. The number of hydrogen-bond donors (Lipinski definition) is 1. The minimum atomic E-state index is -3.82. The van der Waals surface area contributed by atoms with E-state index in [1.807, 2.05) is 12.1 Å². The van der Waals surface area contributed by atoms with Gasteiger partial charge in [0.25, 0.3) is 0 Å². The van der Waals surface area contributed by atoms with Gasteiger partial charge in [-0.2, -0.15) is 0 Å². The van der Waals surface area contributed by atoms with Gasteiger partial charge in [0.1, 0.15) is 22.6 Å². The summed E-state index contributed by atoms with van der Waals surface area (Å²) in [7, 11) is -2.25. The number of halogens is 1. The highest BCUT2D eigenvalue weighted by Gasteiger charge is 2.32. The van der Waals surface area contributed by atoms with Crippen molar-refractivity contribution in [3.8, 4) is 16.3 Å². The zero-order valence-electron chi connectivity index (χ0n) is 17.1. The van der Waals surface area contributed by atoms with E-state index in [1.165, 1.54) is 12.1 Å². The van der Waals surface area contributed by atoms with Crippen LogP contribution in [0, 0.1) is 5.82 Å². The molecule has 0 saturated heterocycles. The molecule has 1 heterocycles. The van der Waals surface area contributed by atoms with Crippen molar-refractivity contribution >= 4 is 38.1 Å². The number of anilines is 2. The minimum absolute atomic E-state index is 0.195. The van der Waals surface area contributed by atoms with Crippen LogP contribution in [0.15, 0.2) is 48.5 Å². The molecule has 1 atom stereocenters. The molecule has 2 aromatic carbocycles. The summed E-state index contributed by atoms with van der Waals surface area (Å²) < 4.78 is 44.3. The number of carbonyl (C=O) groups excluding carboxylic acids is 1. The molecule has 31 heavy (non-hydrogen) atoms. The van der Waals surface area contributed by atoms with Crippen molar-refractivity contribution in [2.45, 2.75) is 19.4 Å². The van der Waals surface area contributed by atoms with Crippen LogP contribution in [-0.2, 0) is 14.8 Å². The van der Waals surface area contributed by atoms with E-state index in [0.717, 1.165) is 39.6 Å². The summed E-state index contributed by atoms with van der Waals surface area (Å²) in [6, 6.07) is 11.1. The Kier molecular flexibility index (Phi) is 6.86. The van der Waals surface area contributed by atoms with Crippen LogP contribution in [0.5, 0.6) is 5.75 Å². The van der Waals surface area contributed by atoms with Crippen molar-refractivity contribution in [2.75, 3.05) is 23.0 Å². The maximum absolute atomic E-state index is 13.3. The lowest BCUT2D eigenvalue weighted by Crippen LogP contribution is -2.47. The maximum atomic E-state index is 13.3. The van der Waals surface area contributed by atoms with Crippen molar-refractivity contribution in [1.29, 1.82) is 0 Å². The van der Waals surface area contributed by atoms with E-state index in [2.05, 4.69) is 15.5 Å². The number of amides is 1. The Morgan fingerprint density at radius 2 is 1.81 bits per heavy atom. The quantitative estimate of drug-likeness (QED) is 0.547. The van der Waals surface area contributed by atoms with Crippen LogP contribution >= 0.6 is 11.3 Å². The number of benzene rings is 2. The second kappa shape index (κ2) is 9.40. The number of aromatic nitrogens is 2. The molecule has 3 rings (SSSR count). The molecule has 0 saturated carbocycles. The number of methoxy groups -OCH3 is 1. The second-order valence-corrected chi connectivity index (χ2v) is 9.43. The highest BCUT2D eigenvalue weighted by atomic mass is 32.2. The highest BCUT2D eigenvalue weighted by Crippen LogP contribution is 2.29. The summed E-state index contributed by atoms with van der Waals surface area (Å²) in [5, 5.41) is 11.5. The number of sulfonamides is 1. The first-order valence-corrected chi connectivity index (χ1v) is 11.9. The fourth-order valence-corrected chi connectivity index (χ4v) is 4.92. The van der Waals surface area contributed by atoms with Gasteiger partial charge >= 0.3 is 0 Å². The molecule has 1 amide bonds. The smallest absolute Gasteiger partial charge is 0.250 e. The molecule has 0 bridgehead atoms. The lowest BCUT2D eigenvalue weighted by molar-refractivity contribution is -0.117. The van der Waals surface area contributed by atoms with Crippen LogP contribution in [0.25, 0.3) is 10.6 Å². The lowest BCUT2D eigenvalue weighted by atomic mass is 10.2. The Hall–Kier alpha value is -3.05. The average Bonchev–Trinajstić information content (AvgIpc) is 3.20. The molecule has 0 aliphatic heterocycles. The topological polar surface area (TPSA) is 101 Å². The number of carbonyl (C=O) groups is 1. The lowest BCUT2D eigenvalue weighted by Gasteiger charge is -2.29. The predicted molar refractivity (Wildman–Crippen MR) is 118 cm³/mol. The minimum Gasteiger partial charge on any atom is -0.497 e. The van der Waals surface area contributed by atoms with Gasteiger partial charge < -0.3 is 4.74 Å². The first kappa shape index (κ1) is 22.6. The predicted octanol–water partition coefficient (Wildman–Crippen LogP) is 3.54. The Balaban J connectivity index is 1.82. The first-order valence-electron chi connectivity index (χ1n) is 9.26. The van der Waals surface area contributed by atoms with Gasteiger partial charge in [-0.05, 0) is 55.0 Å². The van der Waals surface area contributed by atoms with Gasteiger partial charge in [0.15, 0.2) is 0 Å². The zero-order chi connectivity index (χ0) is 22.6. The standard InChI is InChI=1S/C20H21FN4O4S2/c1-4-17(25(31(3,27)28)15-9-7-14(21)8-10-15)18(26)22-20-24-23-19(30-20)13-5-11-16(29-2)12-6-13/h5-12,17H,4H2,1-3H3,(H,22,24,26). The molecule has 3 aromatic rings. The normalized spacial score (nSPS) is 12.3. The van der Waals surface area contributed by atoms with E-state index in [9.17, 15) is 17.6 Å². The number of nitrogens with one attached hydrogen (secondary N) is 1. The van der Waals surface area contributed by atoms with E-state index in [4.69, 9.17) is 4.74 Å². The molecule has 0 radical (unpaired) electrons. The Morgan fingerprint density at radius 3 is 2.35 bits per heavy atom. The van der Waals surface area contributed by atoms with Crippen LogP contribution in [-0.4, -0.2) is 43.9 Å². The maximum Gasteiger partial charge on any atom is 0.250 e. The van der Waals surface area contributed by atoms with Gasteiger partial charge in [0, 0.05) is 5.56 Å². The van der Waals surface area contributed by atoms with Crippen LogP contribution in [0.3, 0.4) is 0 Å². The average molecular weight is 465 g/mol. The van der Waals surface area contributed by atoms with Crippen LogP contribution in [0.4, 0.5) is 15.2 Å². The summed E-state index contributed by atoms with van der Waals surface area (Å²) in [4.78, 5) is 12.9. The molecule has 164 valence electrons. The van der Waals surface area contributed by atoms with Gasteiger partial charge in [-0.3, -0.25) is 14.4 Å². The number of ether oxygens (including phenoxy) is 1. The molecule has 8 nitrogen and oxygen atoms in total. The molecule has 0 fully saturated rings. The third-order valence-corrected chi connectivity index (χ3v) is 6.47. The van der Waals surface area contributed by atoms with Gasteiger partial charge in [-0.25, -0.2) is 12.8 Å². The van der Waals surface area contributed by atoms with Crippen molar-refractivity contribution < 1.29 is 22.3 Å². The summed E-state index contributed by atoms with van der Waals surface area (Å²) >= 11 is 1.16. The Morgan fingerprint density at radius 1 is 1.16 bits per heavy atom. The summed E-state index contributed by atoms with van der Waals surface area (Å²) in [5.41, 5.74) is 0.997. The molecular weight excluding hydrogens is 443 g/mol. The van der Waals surface area contributed by atoms with E-state index >= 15 is 0 Å². The van der Waals surface area contributed by atoms with Crippen molar-refractivity contribution in [3.63, 3.8) is 0 Å². The van der Waals surface area contributed by atoms with Crippen LogP contribution in [0.2, 0.25) is 0 Å². The first-order chi connectivity index (χ1) is 14.7. The van der Waals surface area contributed by atoms with Gasteiger partial charge in [-0.15, -0.1) is 10.2 Å². The zero-order valence-corrected chi connectivity index (χ0v) is 18.7. The molecular formula is C20H21FN4O4S2. The van der Waals surface area contributed by atoms with Gasteiger partial charge in [0.2, 0.25) is 21.1 Å². The van der Waals surface area contributed by atoms with E-state index in [1.54, 1.807) is 26.2 Å². The summed E-state index contributed by atoms with van der Waals surface area (Å²) in [6.07, 6.45) is 1.19. The Bertz CT molecular complexity index is 1150. The van der Waals surface area contributed by atoms with Gasteiger partial charge in [0.05, 0.1) is 19.1 Å². The van der Waals surface area contributed by atoms with Crippen molar-refractivity contribution in [2.24, 2.45) is 0 Å². The molecule has 1 unspecified atom stereocenters. The van der Waals surface area contributed by atoms with Crippen molar-refractivity contribution in [3.05, 3.63) is 54.3 Å². The second-order valence-electron chi connectivity index (χ2n) is 6.59. The number of nitrogens with zero attached hydrogens (tertiary/aromatic N) is 3. The molecule has 0 aliphatic carbocycles. The van der Waals surface area contributed by atoms with Crippen LogP contribution in [0.1, 0.15) is 13.3 Å². The molecule has 1 N–H and O–H groups in total. The van der Waals surface area contributed by atoms with E-state index < -0.39 is 27.8 Å². The van der Waals surface area contributed by atoms with E-state index in [-0.39, 0.29) is 17.2 Å². The fourth-order valence-electron chi connectivity index (χ4n) is 2.96. The summed E-state index contributed by atoms with van der Waals surface area (Å²) in [6.45, 7) is 1.69. The molecule has 11 heteroatoms. The highest BCUT2D eigenvalue weighted by molar-refractivity contribution is 7.92. The fraction of sp³-hybridized carbons (Fsp3) is 0.250. The summed E-state index contributed by atoms with van der Waals surface area (Å²) in [5.74, 6) is -0.362. The number of hydrogen-bond acceptors (Lipinski definition) is 7. The van der Waals surface area contributed by atoms with Crippen LogP contribution < -0.4 is 14.4 Å². The molecule has 0 aliphatic rings. The van der Waals surface area contributed by atoms with Gasteiger partial charge in [-0.1, -0.05) is 18.3 Å². The number of rotatable bonds is 8. The third kappa shape index (κ3) is 5.36. The third-order valence-electron chi connectivity index (χ3n) is 4.40. The van der Waals surface area contributed by atoms with Crippen molar-refractivity contribution in [1.82, 2.24) is 10.2 Å². The monoisotopic (exact) mass is 464 g/mol.